The predicted octanol–water partition coefficient (Wildman–Crippen LogP) is 1.64. The number of carbonyl (C=O) groups is 2. The van der Waals surface area contributed by atoms with Crippen molar-refractivity contribution in [2.75, 3.05) is 4.90 Å². The largest absolute Gasteiger partial charge is 0.269 e. The Bertz CT molecular complexity index is 540. The minimum Gasteiger partial charge on any atom is -0.269 e. The van der Waals surface area contributed by atoms with Gasteiger partial charge in [-0.25, -0.2) is 4.90 Å². The quantitative estimate of drug-likeness (QED) is 0.692. The van der Waals surface area contributed by atoms with Gasteiger partial charge in [-0.1, -0.05) is 11.6 Å². The molecular formula is C11H5ClN2O2. The van der Waals surface area contributed by atoms with Gasteiger partial charge in [0.1, 0.15) is 6.07 Å². The van der Waals surface area contributed by atoms with E-state index in [1.54, 1.807) is 0 Å². The number of nitriles is 1. The summed E-state index contributed by atoms with van der Waals surface area (Å²) in [7, 11) is 0. The van der Waals surface area contributed by atoms with Gasteiger partial charge in [-0.15, -0.1) is 0 Å². The number of benzene rings is 1. The summed E-state index contributed by atoms with van der Waals surface area (Å²) in [4.78, 5) is 23.7. The number of halogens is 1. The summed E-state index contributed by atoms with van der Waals surface area (Å²) >= 11 is 5.81. The van der Waals surface area contributed by atoms with E-state index in [0.717, 1.165) is 4.90 Å². The van der Waals surface area contributed by atoms with Crippen LogP contribution in [0.5, 0.6) is 0 Å². The third-order valence-electron chi connectivity index (χ3n) is 2.14. The maximum atomic E-state index is 11.4. The molecule has 2 rings (SSSR count). The van der Waals surface area contributed by atoms with E-state index in [1.165, 1.54) is 30.4 Å². The summed E-state index contributed by atoms with van der Waals surface area (Å²) in [6, 6.07) is 6.30. The predicted molar refractivity (Wildman–Crippen MR) is 57.8 cm³/mol. The molecule has 0 atom stereocenters. The number of amides is 2. The molecule has 78 valence electrons. The summed E-state index contributed by atoms with van der Waals surface area (Å²) in [6.07, 6.45) is 2.38. The van der Waals surface area contributed by atoms with E-state index in [4.69, 9.17) is 16.9 Å². The molecule has 4 nitrogen and oxygen atoms in total. The van der Waals surface area contributed by atoms with Crippen LogP contribution in [0.2, 0.25) is 5.02 Å². The Morgan fingerprint density at radius 2 is 1.81 bits per heavy atom. The van der Waals surface area contributed by atoms with Gasteiger partial charge in [0.25, 0.3) is 11.8 Å². The lowest BCUT2D eigenvalue weighted by molar-refractivity contribution is -0.119. The molecule has 0 saturated carbocycles. The van der Waals surface area contributed by atoms with Gasteiger partial charge in [-0.3, -0.25) is 9.59 Å². The first kappa shape index (κ1) is 10.4. The smallest absolute Gasteiger partial charge is 0.258 e. The van der Waals surface area contributed by atoms with Crippen molar-refractivity contribution in [2.45, 2.75) is 0 Å². The van der Waals surface area contributed by atoms with Gasteiger partial charge in [0, 0.05) is 12.2 Å². The zero-order valence-corrected chi connectivity index (χ0v) is 8.73. The first-order chi connectivity index (χ1) is 7.63. The maximum Gasteiger partial charge on any atom is 0.258 e. The van der Waals surface area contributed by atoms with E-state index in [1.807, 2.05) is 6.07 Å². The Morgan fingerprint density at radius 1 is 1.19 bits per heavy atom. The van der Waals surface area contributed by atoms with Gasteiger partial charge in [0.05, 0.1) is 16.3 Å². The highest BCUT2D eigenvalue weighted by Crippen LogP contribution is 2.25. The number of nitrogens with zero attached hydrogens (tertiary/aromatic N) is 2. The Kier molecular flexibility index (Phi) is 2.47. The van der Waals surface area contributed by atoms with Crippen LogP contribution < -0.4 is 4.90 Å². The summed E-state index contributed by atoms with van der Waals surface area (Å²) < 4.78 is 0. The molecule has 0 saturated heterocycles. The molecule has 0 radical (unpaired) electrons. The van der Waals surface area contributed by atoms with Crippen LogP contribution >= 0.6 is 11.6 Å². The van der Waals surface area contributed by atoms with Crippen LogP contribution in [0.25, 0.3) is 0 Å². The zero-order chi connectivity index (χ0) is 11.7. The van der Waals surface area contributed by atoms with Crippen LogP contribution in [-0.4, -0.2) is 11.8 Å². The Balaban J connectivity index is 2.44. The molecule has 0 N–H and O–H groups in total. The fraction of sp³-hybridized carbons (Fsp3) is 0. The fourth-order valence-electron chi connectivity index (χ4n) is 1.39. The molecule has 0 unspecified atom stereocenters. The lowest BCUT2D eigenvalue weighted by atomic mass is 10.2. The van der Waals surface area contributed by atoms with Crippen LogP contribution in [0.4, 0.5) is 5.69 Å². The molecule has 0 bridgehead atoms. The molecular weight excluding hydrogens is 228 g/mol. The van der Waals surface area contributed by atoms with Crippen LogP contribution in [0.3, 0.4) is 0 Å². The fourth-order valence-corrected chi connectivity index (χ4v) is 1.61. The van der Waals surface area contributed by atoms with E-state index in [0.29, 0.717) is 11.3 Å². The molecule has 1 aliphatic heterocycles. The monoisotopic (exact) mass is 232 g/mol. The van der Waals surface area contributed by atoms with Crippen LogP contribution in [-0.2, 0) is 9.59 Å². The van der Waals surface area contributed by atoms with Crippen molar-refractivity contribution in [3.8, 4) is 6.07 Å². The average molecular weight is 233 g/mol. The minimum atomic E-state index is -0.411. The molecule has 1 aromatic carbocycles. The first-order valence-electron chi connectivity index (χ1n) is 4.39. The van der Waals surface area contributed by atoms with Crippen molar-refractivity contribution in [2.24, 2.45) is 0 Å². The van der Waals surface area contributed by atoms with Crippen molar-refractivity contribution < 1.29 is 9.59 Å². The number of hydrogen-bond acceptors (Lipinski definition) is 3. The summed E-state index contributed by atoms with van der Waals surface area (Å²) in [5.74, 6) is -0.823. The van der Waals surface area contributed by atoms with Crippen molar-refractivity contribution >= 4 is 29.1 Å². The maximum absolute atomic E-state index is 11.4. The summed E-state index contributed by atoms with van der Waals surface area (Å²) in [5.41, 5.74) is 0.668. The SMILES string of the molecule is N#Cc1ccc(N2C(=O)C=CC2=O)cc1Cl. The number of carbonyl (C=O) groups excluding carboxylic acids is 2. The van der Waals surface area contributed by atoms with E-state index < -0.39 is 11.8 Å². The summed E-state index contributed by atoms with van der Waals surface area (Å²) in [5, 5.41) is 8.90. The molecule has 1 aliphatic rings. The number of anilines is 1. The third kappa shape index (κ3) is 1.58. The average Bonchev–Trinajstić information content (AvgIpc) is 2.58. The van der Waals surface area contributed by atoms with Crippen molar-refractivity contribution in [3.63, 3.8) is 0 Å². The highest BCUT2D eigenvalue weighted by Gasteiger charge is 2.25. The van der Waals surface area contributed by atoms with Gasteiger partial charge in [-0.05, 0) is 18.2 Å². The topological polar surface area (TPSA) is 61.2 Å². The molecule has 2 amide bonds. The normalized spacial score (nSPS) is 14.4. The van der Waals surface area contributed by atoms with E-state index >= 15 is 0 Å². The molecule has 5 heteroatoms. The van der Waals surface area contributed by atoms with Gasteiger partial charge in [0.2, 0.25) is 0 Å². The second-order valence-electron chi connectivity index (χ2n) is 3.12. The van der Waals surface area contributed by atoms with Gasteiger partial charge < -0.3 is 0 Å². The molecule has 0 aromatic heterocycles. The lowest BCUT2D eigenvalue weighted by Gasteiger charge is -2.13. The van der Waals surface area contributed by atoms with Crippen molar-refractivity contribution in [1.29, 1.82) is 5.26 Å². The van der Waals surface area contributed by atoms with Crippen molar-refractivity contribution in [1.82, 2.24) is 0 Å². The minimum absolute atomic E-state index is 0.215. The highest BCUT2D eigenvalue weighted by atomic mass is 35.5. The standard InChI is InChI=1S/C11H5ClN2O2/c12-9-5-8(2-1-7(9)6-13)14-10(15)3-4-11(14)16/h1-5H. The lowest BCUT2D eigenvalue weighted by Crippen LogP contribution is -2.29. The molecule has 1 heterocycles. The number of hydrogen-bond donors (Lipinski definition) is 0. The Hall–Kier alpha value is -2.12. The molecule has 1 aromatic rings. The van der Waals surface area contributed by atoms with E-state index in [2.05, 4.69) is 0 Å². The van der Waals surface area contributed by atoms with Crippen LogP contribution in [0, 0.1) is 11.3 Å². The Morgan fingerprint density at radius 3 is 2.31 bits per heavy atom. The highest BCUT2D eigenvalue weighted by molar-refractivity contribution is 6.33. The second-order valence-corrected chi connectivity index (χ2v) is 3.53. The van der Waals surface area contributed by atoms with E-state index in [9.17, 15) is 9.59 Å². The number of rotatable bonds is 1. The van der Waals surface area contributed by atoms with Gasteiger partial charge in [0.15, 0.2) is 0 Å². The Labute approximate surface area is 96.3 Å². The number of imide groups is 1. The van der Waals surface area contributed by atoms with Gasteiger partial charge >= 0.3 is 0 Å². The van der Waals surface area contributed by atoms with Gasteiger partial charge in [-0.2, -0.15) is 5.26 Å². The first-order valence-corrected chi connectivity index (χ1v) is 4.77. The van der Waals surface area contributed by atoms with Crippen molar-refractivity contribution in [3.05, 3.63) is 40.9 Å². The molecule has 0 fully saturated rings. The molecule has 0 aliphatic carbocycles. The summed E-state index contributed by atoms with van der Waals surface area (Å²) in [6.45, 7) is 0. The molecule has 0 spiro atoms. The zero-order valence-electron chi connectivity index (χ0n) is 7.98. The third-order valence-corrected chi connectivity index (χ3v) is 2.45. The second kappa shape index (κ2) is 3.80. The van der Waals surface area contributed by atoms with E-state index in [-0.39, 0.29) is 5.02 Å². The van der Waals surface area contributed by atoms with Crippen LogP contribution in [0.15, 0.2) is 30.4 Å². The van der Waals surface area contributed by atoms with Crippen LogP contribution in [0.1, 0.15) is 5.56 Å². The molecule has 16 heavy (non-hydrogen) atoms.